The average molecular weight is 681 g/mol. The summed E-state index contributed by atoms with van der Waals surface area (Å²) in [6.07, 6.45) is 12.0. The number of aromatic nitrogens is 4. The molecule has 6 heteroatoms. The summed E-state index contributed by atoms with van der Waals surface area (Å²) in [4.78, 5) is 23.6. The van der Waals surface area contributed by atoms with Crippen molar-refractivity contribution in [3.63, 3.8) is 0 Å². The molecule has 2 aliphatic heterocycles. The zero-order chi connectivity index (χ0) is 32.0. The molecule has 5 rings (SSSR count). The van der Waals surface area contributed by atoms with Crippen molar-refractivity contribution >= 4 is 51.7 Å². The number of carbonyl (C=O) groups excluding carboxylic acids is 1. The molecule has 8 bridgehead atoms. The summed E-state index contributed by atoms with van der Waals surface area (Å²) >= 11 is 2.44. The van der Waals surface area contributed by atoms with Crippen LogP contribution >= 0.6 is 0 Å². The third-order valence-electron chi connectivity index (χ3n) is 8.90. The molecule has 1 N–H and O–H groups in total. The second kappa shape index (κ2) is 15.3. The van der Waals surface area contributed by atoms with E-state index in [1.54, 1.807) is 0 Å². The van der Waals surface area contributed by atoms with Gasteiger partial charge in [-0.05, 0) is 110 Å². The summed E-state index contributed by atoms with van der Waals surface area (Å²) in [6, 6.07) is 6.80. The van der Waals surface area contributed by atoms with E-state index in [2.05, 4.69) is 114 Å². The minimum absolute atomic E-state index is 0.529. The van der Waals surface area contributed by atoms with Gasteiger partial charge in [0.2, 0.25) is 0 Å². The van der Waals surface area contributed by atoms with Crippen molar-refractivity contribution < 1.29 is 23.1 Å². The number of aldehydes is 1. The number of allylic oxidation sites excluding steroid dienone is 2. The van der Waals surface area contributed by atoms with Crippen molar-refractivity contribution in [2.24, 2.45) is 0 Å². The molecule has 5 nitrogen and oxygen atoms in total. The minimum atomic E-state index is 0.529. The van der Waals surface area contributed by atoms with Crippen LogP contribution in [0.1, 0.15) is 119 Å². The molecule has 0 aromatic carbocycles. The van der Waals surface area contributed by atoms with E-state index in [1.807, 2.05) is 0 Å². The first-order chi connectivity index (χ1) is 21.4. The molecule has 5 heterocycles. The number of nitrogens with zero attached hydrogens (tertiary/aromatic N) is 3. The maximum atomic E-state index is 9.15. The molecule has 0 saturated carbocycles. The molecule has 3 aromatic heterocycles. The molecule has 0 aliphatic carbocycles. The van der Waals surface area contributed by atoms with Crippen LogP contribution in [0.3, 0.4) is 0 Å². The van der Waals surface area contributed by atoms with Crippen LogP contribution in [-0.2, 0) is 61.7 Å². The Kier molecular flexibility index (Phi) is 11.7. The molecule has 0 radical (unpaired) electrons. The fraction of sp³-hybridized carbons (Fsp3) is 0.447. The van der Waals surface area contributed by atoms with Gasteiger partial charge in [0.1, 0.15) is 0 Å². The quantitative estimate of drug-likeness (QED) is 0.142. The van der Waals surface area contributed by atoms with E-state index < -0.39 is 0 Å². The van der Waals surface area contributed by atoms with Gasteiger partial charge >= 0.3 is 34.4 Å². The van der Waals surface area contributed by atoms with E-state index in [0.29, 0.717) is 5.02 Å². The Morgan fingerprint density at radius 2 is 1.27 bits per heavy atom. The Balaban J connectivity index is 0.00000104. The predicted molar refractivity (Wildman–Crippen MR) is 184 cm³/mol. The first-order valence-corrected chi connectivity index (χ1v) is 17.7. The molecule has 0 fully saturated rings. The number of rotatable bonds is 9. The van der Waals surface area contributed by atoms with Crippen LogP contribution in [-0.4, -0.2) is 25.8 Å². The van der Waals surface area contributed by atoms with E-state index in [1.165, 1.54) is 66.9 Å². The fourth-order valence-electron chi connectivity index (χ4n) is 7.06. The summed E-state index contributed by atoms with van der Waals surface area (Å²) < 4.78 is 2.55. The third-order valence-corrected chi connectivity index (χ3v) is 9.18. The number of H-pyrrole nitrogens is 1. The number of aryl methyl sites for hydroxylation is 6. The molecule has 0 saturated heterocycles. The van der Waals surface area contributed by atoms with E-state index >= 15 is 0 Å². The molecule has 44 heavy (non-hydrogen) atoms. The second-order valence-corrected chi connectivity index (χ2v) is 11.8. The molecule has 2 aliphatic rings. The van der Waals surface area contributed by atoms with Crippen molar-refractivity contribution in [2.45, 2.75) is 112 Å². The van der Waals surface area contributed by atoms with Crippen LogP contribution in [0.5, 0.6) is 0 Å². The molecule has 0 spiro atoms. The Morgan fingerprint density at radius 1 is 0.705 bits per heavy atom. The second-order valence-electron chi connectivity index (χ2n) is 11.1. The number of nitrogens with one attached hydrogen (secondary N) is 1. The number of hydrogen-bond donors (Lipinski definition) is 1. The van der Waals surface area contributed by atoms with Crippen molar-refractivity contribution in [3.8, 4) is 0 Å². The van der Waals surface area contributed by atoms with Crippen molar-refractivity contribution in [1.82, 2.24) is 19.5 Å². The van der Waals surface area contributed by atoms with Gasteiger partial charge in [-0.3, -0.25) is 0 Å². The van der Waals surface area contributed by atoms with E-state index in [0.717, 1.165) is 74.7 Å². The normalized spacial score (nSPS) is 12.5. The molecule has 0 amide bonds. The van der Waals surface area contributed by atoms with Gasteiger partial charge in [-0.2, -0.15) is 0 Å². The maximum absolute atomic E-state index is 9.15. The zero-order valence-corrected chi connectivity index (χ0v) is 29.5. The zero-order valence-electron chi connectivity index (χ0n) is 27.9. The SMILES string of the molecule is CCC1=C(CC)c2nc1c(CC)c1[nH]c(cc3nc(cc4c(CC)c(CC)c(c2CC)n4CC)C=C3)cc1CC.O=C[CH2][Rh]. The Hall–Kier alpha value is -3.11. The van der Waals surface area contributed by atoms with Gasteiger partial charge in [0, 0.05) is 34.2 Å². The topological polar surface area (TPSA) is 63.6 Å². The van der Waals surface area contributed by atoms with Crippen molar-refractivity contribution in [1.29, 1.82) is 0 Å². The standard InChI is InChI=1S/C36H46N4.C2H3O.Rh/c1-9-22-19-25-20-23-17-18-24(37-23)21-32-26(10-2)29(13-5)36(40(32)16-8)31(15-7)35-28(12-4)27(11-3)34(39-35)30(14-6)33(22)38-25;1-2-3;/h17-21,38H,9-16H2,1-8H3;2H,1H2;. The monoisotopic (exact) mass is 680 g/mol. The number of fused-ring (bicyclic) bond motifs is 8. The predicted octanol–water partition coefficient (Wildman–Crippen LogP) is 9.67. The molecule has 3 aromatic rings. The van der Waals surface area contributed by atoms with Crippen LogP contribution in [0.25, 0.3) is 45.4 Å². The number of aromatic amines is 1. The number of hydrogen-bond acceptors (Lipinski definition) is 3. The number of carbonyl (C=O) groups is 1. The molecular formula is C38H49N4ORh. The van der Waals surface area contributed by atoms with Crippen LogP contribution < -0.4 is 0 Å². The molecule has 236 valence electrons. The van der Waals surface area contributed by atoms with Crippen LogP contribution in [0.4, 0.5) is 0 Å². The Morgan fingerprint density at radius 3 is 1.77 bits per heavy atom. The molecular weight excluding hydrogens is 631 g/mol. The van der Waals surface area contributed by atoms with E-state index in [4.69, 9.17) is 14.8 Å². The Labute approximate surface area is 274 Å². The first-order valence-electron chi connectivity index (χ1n) is 16.6. The van der Waals surface area contributed by atoms with Gasteiger partial charge in [0.05, 0.1) is 28.3 Å². The van der Waals surface area contributed by atoms with E-state index in [9.17, 15) is 0 Å². The van der Waals surface area contributed by atoms with Crippen LogP contribution in [0.15, 0.2) is 18.2 Å². The third kappa shape index (κ3) is 6.20. The van der Waals surface area contributed by atoms with Crippen molar-refractivity contribution in [3.05, 3.63) is 68.8 Å². The summed E-state index contributed by atoms with van der Waals surface area (Å²) in [5.41, 5.74) is 19.3. The molecule has 0 unspecified atom stereocenters. The van der Waals surface area contributed by atoms with Gasteiger partial charge in [0.15, 0.2) is 0 Å². The summed E-state index contributed by atoms with van der Waals surface area (Å²) in [6.45, 7) is 19.2. The van der Waals surface area contributed by atoms with Gasteiger partial charge in [-0.1, -0.05) is 48.5 Å². The fourth-order valence-corrected chi connectivity index (χ4v) is 7.06. The van der Waals surface area contributed by atoms with Gasteiger partial charge in [-0.25, -0.2) is 9.97 Å². The van der Waals surface area contributed by atoms with Crippen LogP contribution in [0.2, 0.25) is 5.02 Å². The Bertz CT molecular complexity index is 1750. The van der Waals surface area contributed by atoms with Crippen molar-refractivity contribution in [2.75, 3.05) is 0 Å². The van der Waals surface area contributed by atoms with Gasteiger partial charge in [-0.15, -0.1) is 0 Å². The summed E-state index contributed by atoms with van der Waals surface area (Å²) in [5.74, 6) is 0. The average Bonchev–Trinajstić information content (AvgIpc) is 3.81. The van der Waals surface area contributed by atoms with Gasteiger partial charge in [0.25, 0.3) is 0 Å². The summed E-state index contributed by atoms with van der Waals surface area (Å²) in [5, 5.41) is 0.529. The summed E-state index contributed by atoms with van der Waals surface area (Å²) in [7, 11) is 0. The molecule has 0 atom stereocenters. The first kappa shape index (κ1) is 33.8. The van der Waals surface area contributed by atoms with Crippen LogP contribution in [0, 0.1) is 0 Å². The van der Waals surface area contributed by atoms with Gasteiger partial charge < -0.3 is 9.55 Å². The van der Waals surface area contributed by atoms with E-state index in [-0.39, 0.29) is 0 Å².